The van der Waals surface area contributed by atoms with Crippen molar-refractivity contribution in [2.24, 2.45) is 11.3 Å². The Morgan fingerprint density at radius 3 is 2.75 bits per heavy atom. The third-order valence-electron chi connectivity index (χ3n) is 3.48. The summed E-state index contributed by atoms with van der Waals surface area (Å²) < 4.78 is 5.55. The molecule has 0 amide bonds. The minimum atomic E-state index is 0.0366. The highest BCUT2D eigenvalue weighted by Crippen LogP contribution is 2.28. The molecule has 1 saturated carbocycles. The van der Waals surface area contributed by atoms with Gasteiger partial charge in [-0.2, -0.15) is 0 Å². The molecule has 1 rings (SSSR count). The van der Waals surface area contributed by atoms with Gasteiger partial charge in [-0.1, -0.05) is 13.8 Å². The lowest BCUT2D eigenvalue weighted by Gasteiger charge is -2.25. The van der Waals surface area contributed by atoms with E-state index in [4.69, 9.17) is 4.74 Å². The number of hydrogen-bond donors (Lipinski definition) is 2. The Bertz CT molecular complexity index is 177. The molecule has 0 aromatic carbocycles. The predicted octanol–water partition coefficient (Wildman–Crippen LogP) is 1.80. The first-order valence-corrected chi connectivity index (χ1v) is 6.59. The highest BCUT2D eigenvalue weighted by atomic mass is 16.5. The lowest BCUT2D eigenvalue weighted by molar-refractivity contribution is 0.116. The van der Waals surface area contributed by atoms with E-state index in [0.717, 1.165) is 45.1 Å². The first-order chi connectivity index (χ1) is 7.70. The molecule has 0 aliphatic heterocycles. The number of aliphatic hydroxyl groups excluding tert-OH is 1. The summed E-state index contributed by atoms with van der Waals surface area (Å²) in [4.78, 5) is 0. The second-order valence-corrected chi connectivity index (χ2v) is 5.37. The van der Waals surface area contributed by atoms with Gasteiger partial charge in [-0.05, 0) is 38.1 Å². The van der Waals surface area contributed by atoms with Crippen molar-refractivity contribution in [3.05, 3.63) is 0 Å². The Morgan fingerprint density at radius 2 is 2.19 bits per heavy atom. The summed E-state index contributed by atoms with van der Waals surface area (Å²) in [6.45, 7) is 8.20. The maximum absolute atomic E-state index is 9.23. The van der Waals surface area contributed by atoms with Crippen LogP contribution in [-0.2, 0) is 4.74 Å². The van der Waals surface area contributed by atoms with E-state index < -0.39 is 0 Å². The normalized spacial score (nSPS) is 19.7. The Labute approximate surface area is 99.6 Å². The summed E-state index contributed by atoms with van der Waals surface area (Å²) in [7, 11) is 0. The molecule has 1 aliphatic carbocycles. The van der Waals surface area contributed by atoms with Crippen LogP contribution in [0.15, 0.2) is 0 Å². The van der Waals surface area contributed by atoms with Crippen LogP contribution < -0.4 is 5.32 Å². The number of rotatable bonds is 10. The van der Waals surface area contributed by atoms with Gasteiger partial charge < -0.3 is 15.2 Å². The minimum absolute atomic E-state index is 0.0366. The van der Waals surface area contributed by atoms with E-state index in [9.17, 15) is 5.11 Å². The third kappa shape index (κ3) is 5.83. The summed E-state index contributed by atoms with van der Waals surface area (Å²) in [5.74, 6) is 0.866. The van der Waals surface area contributed by atoms with Crippen LogP contribution in [-0.4, -0.2) is 38.0 Å². The van der Waals surface area contributed by atoms with Gasteiger partial charge in [-0.3, -0.25) is 0 Å². The molecule has 0 saturated heterocycles. The van der Waals surface area contributed by atoms with Gasteiger partial charge in [-0.25, -0.2) is 0 Å². The SMILES string of the molecule is CCC(C)(CO)CNCCCOCC1CC1. The first-order valence-electron chi connectivity index (χ1n) is 6.59. The lowest BCUT2D eigenvalue weighted by atomic mass is 9.89. The van der Waals surface area contributed by atoms with Gasteiger partial charge in [-0.15, -0.1) is 0 Å². The highest BCUT2D eigenvalue weighted by molar-refractivity contribution is 4.74. The quantitative estimate of drug-likeness (QED) is 0.561. The molecule has 0 heterocycles. The van der Waals surface area contributed by atoms with E-state index in [1.165, 1.54) is 12.8 Å². The fraction of sp³-hybridized carbons (Fsp3) is 1.00. The molecule has 1 aliphatic rings. The standard InChI is InChI=1S/C13H27NO2/c1-3-13(2,11-15)10-14-7-4-8-16-9-12-5-6-12/h12,14-15H,3-11H2,1-2H3. The van der Waals surface area contributed by atoms with Crippen molar-refractivity contribution in [3.8, 4) is 0 Å². The maximum Gasteiger partial charge on any atom is 0.0496 e. The molecule has 0 radical (unpaired) electrons. The van der Waals surface area contributed by atoms with Crippen molar-refractivity contribution < 1.29 is 9.84 Å². The molecule has 96 valence electrons. The van der Waals surface area contributed by atoms with Crippen molar-refractivity contribution in [1.82, 2.24) is 5.32 Å². The second-order valence-electron chi connectivity index (χ2n) is 5.37. The predicted molar refractivity (Wildman–Crippen MR) is 66.5 cm³/mol. The van der Waals surface area contributed by atoms with Crippen LogP contribution >= 0.6 is 0 Å². The Kier molecular flexibility index (Phi) is 6.32. The van der Waals surface area contributed by atoms with E-state index in [0.29, 0.717) is 0 Å². The molecule has 1 fully saturated rings. The van der Waals surface area contributed by atoms with E-state index in [2.05, 4.69) is 19.2 Å². The van der Waals surface area contributed by atoms with Crippen LogP contribution in [0.25, 0.3) is 0 Å². The topological polar surface area (TPSA) is 41.5 Å². The largest absolute Gasteiger partial charge is 0.396 e. The molecule has 2 N–H and O–H groups in total. The van der Waals surface area contributed by atoms with Crippen LogP contribution in [0.3, 0.4) is 0 Å². The molecule has 16 heavy (non-hydrogen) atoms. The third-order valence-corrected chi connectivity index (χ3v) is 3.48. The van der Waals surface area contributed by atoms with Crippen LogP contribution in [0, 0.1) is 11.3 Å². The summed E-state index contributed by atoms with van der Waals surface area (Å²) in [6.07, 6.45) is 4.81. The number of aliphatic hydroxyl groups is 1. The van der Waals surface area contributed by atoms with Gasteiger partial charge in [0.25, 0.3) is 0 Å². The second kappa shape index (κ2) is 7.25. The van der Waals surface area contributed by atoms with Crippen LogP contribution in [0.1, 0.15) is 39.5 Å². The molecule has 0 aromatic heterocycles. The Hall–Kier alpha value is -0.120. The van der Waals surface area contributed by atoms with Crippen molar-refractivity contribution in [1.29, 1.82) is 0 Å². The van der Waals surface area contributed by atoms with Crippen LogP contribution in [0.5, 0.6) is 0 Å². The summed E-state index contributed by atoms with van der Waals surface area (Å²) >= 11 is 0. The molecule has 3 nitrogen and oxygen atoms in total. The average molecular weight is 229 g/mol. The fourth-order valence-electron chi connectivity index (χ4n) is 1.52. The molecule has 0 bridgehead atoms. The summed E-state index contributed by atoms with van der Waals surface area (Å²) in [5.41, 5.74) is 0.0366. The number of ether oxygens (including phenoxy) is 1. The van der Waals surface area contributed by atoms with Gasteiger partial charge in [0.05, 0.1) is 0 Å². The molecule has 1 atom stereocenters. The minimum Gasteiger partial charge on any atom is -0.396 e. The first kappa shape index (κ1) is 13.9. The van der Waals surface area contributed by atoms with Gasteiger partial charge in [0, 0.05) is 31.8 Å². The molecule has 0 spiro atoms. The smallest absolute Gasteiger partial charge is 0.0496 e. The van der Waals surface area contributed by atoms with E-state index in [-0.39, 0.29) is 12.0 Å². The molecular weight excluding hydrogens is 202 g/mol. The molecule has 1 unspecified atom stereocenters. The van der Waals surface area contributed by atoms with Crippen molar-refractivity contribution in [2.75, 3.05) is 32.9 Å². The molecular formula is C13H27NO2. The van der Waals surface area contributed by atoms with Gasteiger partial charge >= 0.3 is 0 Å². The summed E-state index contributed by atoms with van der Waals surface area (Å²) in [5, 5.41) is 12.6. The van der Waals surface area contributed by atoms with Gasteiger partial charge in [0.2, 0.25) is 0 Å². The number of hydrogen-bond acceptors (Lipinski definition) is 3. The van der Waals surface area contributed by atoms with Crippen molar-refractivity contribution in [2.45, 2.75) is 39.5 Å². The maximum atomic E-state index is 9.23. The number of nitrogens with one attached hydrogen (secondary N) is 1. The monoisotopic (exact) mass is 229 g/mol. The van der Waals surface area contributed by atoms with Crippen LogP contribution in [0.4, 0.5) is 0 Å². The van der Waals surface area contributed by atoms with Gasteiger partial charge in [0.1, 0.15) is 0 Å². The van der Waals surface area contributed by atoms with Crippen molar-refractivity contribution in [3.63, 3.8) is 0 Å². The lowest BCUT2D eigenvalue weighted by Crippen LogP contribution is -2.35. The van der Waals surface area contributed by atoms with E-state index in [1.54, 1.807) is 0 Å². The van der Waals surface area contributed by atoms with Crippen LogP contribution in [0.2, 0.25) is 0 Å². The fourth-order valence-corrected chi connectivity index (χ4v) is 1.52. The Morgan fingerprint density at radius 1 is 1.44 bits per heavy atom. The van der Waals surface area contributed by atoms with Gasteiger partial charge in [0.15, 0.2) is 0 Å². The Balaban J connectivity index is 1.86. The van der Waals surface area contributed by atoms with E-state index in [1.807, 2.05) is 0 Å². The summed E-state index contributed by atoms with van der Waals surface area (Å²) in [6, 6.07) is 0. The molecule has 0 aromatic rings. The van der Waals surface area contributed by atoms with E-state index >= 15 is 0 Å². The highest BCUT2D eigenvalue weighted by Gasteiger charge is 2.21. The average Bonchev–Trinajstić information content (AvgIpc) is 3.11. The van der Waals surface area contributed by atoms with Crippen molar-refractivity contribution >= 4 is 0 Å². The zero-order chi connectivity index (χ0) is 11.9. The zero-order valence-electron chi connectivity index (χ0n) is 10.8. The molecule has 3 heteroatoms. The zero-order valence-corrected chi connectivity index (χ0v) is 10.8.